The predicted octanol–water partition coefficient (Wildman–Crippen LogP) is 1.81. The molecule has 1 aromatic heterocycles. The minimum atomic E-state index is -0.421. The number of hydrogen-bond acceptors (Lipinski definition) is 6. The van der Waals surface area contributed by atoms with E-state index < -0.39 is 4.92 Å². The summed E-state index contributed by atoms with van der Waals surface area (Å²) in [4.78, 5) is 20.8. The second-order valence-electron chi connectivity index (χ2n) is 4.45. The van der Waals surface area contributed by atoms with E-state index in [9.17, 15) is 10.1 Å². The molecule has 2 rings (SSSR count). The molecule has 0 saturated carbocycles. The molecule has 1 unspecified atom stereocenters. The van der Waals surface area contributed by atoms with Gasteiger partial charge < -0.3 is 10.2 Å². The summed E-state index contributed by atoms with van der Waals surface area (Å²) in [7, 11) is 1.70. The Kier molecular flexibility index (Phi) is 3.59. The van der Waals surface area contributed by atoms with Crippen LogP contribution in [0.4, 0.5) is 17.5 Å². The van der Waals surface area contributed by atoms with E-state index in [0.29, 0.717) is 11.8 Å². The molecule has 0 aliphatic carbocycles. The Labute approximate surface area is 105 Å². The van der Waals surface area contributed by atoms with Gasteiger partial charge in [0.25, 0.3) is 0 Å². The van der Waals surface area contributed by atoms with E-state index in [2.05, 4.69) is 22.2 Å². The molecule has 7 heteroatoms. The molecule has 0 bridgehead atoms. The van der Waals surface area contributed by atoms with Crippen molar-refractivity contribution in [3.05, 3.63) is 16.3 Å². The lowest BCUT2D eigenvalue weighted by molar-refractivity contribution is -0.384. The van der Waals surface area contributed by atoms with Crippen LogP contribution in [0.3, 0.4) is 0 Å². The Morgan fingerprint density at radius 3 is 2.94 bits per heavy atom. The van der Waals surface area contributed by atoms with Gasteiger partial charge in [-0.15, -0.1) is 0 Å². The van der Waals surface area contributed by atoms with Gasteiger partial charge in [-0.05, 0) is 26.2 Å². The molecule has 7 nitrogen and oxygen atoms in total. The van der Waals surface area contributed by atoms with Crippen molar-refractivity contribution >= 4 is 17.5 Å². The van der Waals surface area contributed by atoms with Crippen LogP contribution in [0.1, 0.15) is 26.2 Å². The summed E-state index contributed by atoms with van der Waals surface area (Å²) in [6.45, 7) is 2.88. The number of anilines is 2. The highest BCUT2D eigenvalue weighted by atomic mass is 16.6. The van der Waals surface area contributed by atoms with Gasteiger partial charge in [0.05, 0.1) is 4.92 Å². The zero-order valence-corrected chi connectivity index (χ0v) is 10.6. The number of nitrogens with zero attached hydrogens (tertiary/aromatic N) is 4. The fourth-order valence-corrected chi connectivity index (χ4v) is 2.24. The lowest BCUT2D eigenvalue weighted by Gasteiger charge is -2.33. The molecule has 18 heavy (non-hydrogen) atoms. The molecule has 98 valence electrons. The Morgan fingerprint density at radius 2 is 2.33 bits per heavy atom. The van der Waals surface area contributed by atoms with Gasteiger partial charge in [0.2, 0.25) is 11.8 Å². The molecule has 1 aliphatic heterocycles. The van der Waals surface area contributed by atoms with Crippen molar-refractivity contribution in [2.75, 3.05) is 23.8 Å². The summed E-state index contributed by atoms with van der Waals surface area (Å²) >= 11 is 0. The largest absolute Gasteiger partial charge is 0.357 e. The van der Waals surface area contributed by atoms with E-state index >= 15 is 0 Å². The molecule has 1 N–H and O–H groups in total. The summed E-state index contributed by atoms with van der Waals surface area (Å²) in [5, 5.41) is 13.9. The number of aromatic nitrogens is 2. The topological polar surface area (TPSA) is 84.2 Å². The normalized spacial score (nSPS) is 19.7. The molecule has 1 saturated heterocycles. The van der Waals surface area contributed by atoms with Gasteiger partial charge in [0.1, 0.15) is 6.20 Å². The average Bonchev–Trinajstić information content (AvgIpc) is 2.38. The van der Waals surface area contributed by atoms with Crippen molar-refractivity contribution in [2.24, 2.45) is 0 Å². The second kappa shape index (κ2) is 5.16. The van der Waals surface area contributed by atoms with Crippen molar-refractivity contribution in [3.8, 4) is 0 Å². The highest BCUT2D eigenvalue weighted by molar-refractivity contribution is 5.59. The van der Waals surface area contributed by atoms with Crippen LogP contribution in [0.15, 0.2) is 6.20 Å². The molecule has 0 spiro atoms. The average molecular weight is 251 g/mol. The van der Waals surface area contributed by atoms with Gasteiger partial charge in [-0.25, -0.2) is 4.98 Å². The molecule has 0 radical (unpaired) electrons. The van der Waals surface area contributed by atoms with E-state index in [1.165, 1.54) is 6.20 Å². The van der Waals surface area contributed by atoms with Crippen LogP contribution in [0.25, 0.3) is 0 Å². The van der Waals surface area contributed by atoms with Crippen molar-refractivity contribution in [1.82, 2.24) is 9.97 Å². The zero-order valence-electron chi connectivity index (χ0n) is 10.6. The molecule has 2 heterocycles. The Morgan fingerprint density at radius 1 is 1.56 bits per heavy atom. The van der Waals surface area contributed by atoms with E-state index in [1.54, 1.807) is 7.05 Å². The Hall–Kier alpha value is -1.92. The Balaban J connectivity index is 2.42. The summed E-state index contributed by atoms with van der Waals surface area (Å²) in [6, 6.07) is 0.275. The van der Waals surface area contributed by atoms with Gasteiger partial charge >= 0.3 is 5.69 Å². The van der Waals surface area contributed by atoms with Crippen LogP contribution in [0.2, 0.25) is 0 Å². The lowest BCUT2D eigenvalue weighted by Crippen LogP contribution is -2.38. The van der Waals surface area contributed by atoms with Crippen LogP contribution in [0, 0.1) is 10.1 Å². The SMILES string of the molecule is CNc1ncc([N+](=O)[O-])c(N2CCCCC2C)n1. The highest BCUT2D eigenvalue weighted by Gasteiger charge is 2.27. The smallest absolute Gasteiger partial charge is 0.329 e. The molecular formula is C11H17N5O2. The maximum atomic E-state index is 11.0. The molecular weight excluding hydrogens is 234 g/mol. The summed E-state index contributed by atoms with van der Waals surface area (Å²) in [6.07, 6.45) is 4.52. The van der Waals surface area contributed by atoms with E-state index in [0.717, 1.165) is 25.8 Å². The quantitative estimate of drug-likeness (QED) is 0.651. The maximum Gasteiger partial charge on any atom is 0.329 e. The van der Waals surface area contributed by atoms with E-state index in [-0.39, 0.29) is 11.7 Å². The third kappa shape index (κ3) is 2.34. The third-order valence-corrected chi connectivity index (χ3v) is 3.25. The lowest BCUT2D eigenvalue weighted by atomic mass is 10.0. The van der Waals surface area contributed by atoms with Crippen LogP contribution >= 0.6 is 0 Å². The minimum absolute atomic E-state index is 0.0252. The number of nitro groups is 1. The number of hydrogen-bond donors (Lipinski definition) is 1. The summed E-state index contributed by atoms with van der Waals surface area (Å²) < 4.78 is 0. The number of nitrogens with one attached hydrogen (secondary N) is 1. The van der Waals surface area contributed by atoms with E-state index in [4.69, 9.17) is 0 Å². The van der Waals surface area contributed by atoms with Gasteiger partial charge in [-0.1, -0.05) is 0 Å². The predicted molar refractivity (Wildman–Crippen MR) is 68.9 cm³/mol. The van der Waals surface area contributed by atoms with E-state index in [1.807, 2.05) is 4.90 Å². The third-order valence-electron chi connectivity index (χ3n) is 3.25. The molecule has 1 atom stereocenters. The first-order valence-corrected chi connectivity index (χ1v) is 6.09. The van der Waals surface area contributed by atoms with Gasteiger partial charge in [0.15, 0.2) is 0 Å². The van der Waals surface area contributed by atoms with Crippen LogP contribution < -0.4 is 10.2 Å². The molecule has 1 aliphatic rings. The van der Waals surface area contributed by atoms with Crippen molar-refractivity contribution < 1.29 is 4.92 Å². The first-order valence-electron chi connectivity index (χ1n) is 6.09. The number of piperidine rings is 1. The van der Waals surface area contributed by atoms with Gasteiger partial charge in [0, 0.05) is 19.6 Å². The number of rotatable bonds is 3. The molecule has 0 aromatic carbocycles. The van der Waals surface area contributed by atoms with Crippen molar-refractivity contribution in [2.45, 2.75) is 32.2 Å². The first kappa shape index (κ1) is 12.5. The fourth-order valence-electron chi connectivity index (χ4n) is 2.24. The summed E-state index contributed by atoms with van der Waals surface area (Å²) in [5.41, 5.74) is -0.0252. The molecule has 1 fully saturated rings. The summed E-state index contributed by atoms with van der Waals surface area (Å²) in [5.74, 6) is 0.833. The van der Waals surface area contributed by atoms with Gasteiger partial charge in [-0.3, -0.25) is 10.1 Å². The van der Waals surface area contributed by atoms with Crippen LogP contribution in [-0.2, 0) is 0 Å². The van der Waals surface area contributed by atoms with Gasteiger partial charge in [-0.2, -0.15) is 4.98 Å². The Bertz CT molecular complexity index is 451. The second-order valence-corrected chi connectivity index (χ2v) is 4.45. The highest BCUT2D eigenvalue weighted by Crippen LogP contribution is 2.31. The minimum Gasteiger partial charge on any atom is -0.357 e. The standard InChI is InChI=1S/C11H17N5O2/c1-8-5-3-4-6-15(8)10-9(16(17)18)7-13-11(12-2)14-10/h7-8H,3-6H2,1-2H3,(H,12,13,14). The maximum absolute atomic E-state index is 11.0. The van der Waals surface area contributed by atoms with Crippen molar-refractivity contribution in [1.29, 1.82) is 0 Å². The molecule has 1 aromatic rings. The molecule has 0 amide bonds. The fraction of sp³-hybridized carbons (Fsp3) is 0.636. The van der Waals surface area contributed by atoms with Crippen LogP contribution in [0.5, 0.6) is 0 Å². The zero-order chi connectivity index (χ0) is 13.1. The van der Waals surface area contributed by atoms with Crippen LogP contribution in [-0.4, -0.2) is 34.5 Å². The first-order chi connectivity index (χ1) is 8.63. The van der Waals surface area contributed by atoms with Crippen molar-refractivity contribution in [3.63, 3.8) is 0 Å². The monoisotopic (exact) mass is 251 g/mol.